The minimum atomic E-state index is -1.75. The van der Waals surface area contributed by atoms with Crippen LogP contribution in [0.4, 0.5) is 0 Å². The third-order valence-corrected chi connectivity index (χ3v) is 6.90. The van der Waals surface area contributed by atoms with E-state index in [1.54, 1.807) is 0 Å². The summed E-state index contributed by atoms with van der Waals surface area (Å²) >= 11 is 0. The van der Waals surface area contributed by atoms with Crippen molar-refractivity contribution < 1.29 is 65.6 Å². The van der Waals surface area contributed by atoms with Gasteiger partial charge in [-0.05, 0) is 12.0 Å². The highest BCUT2D eigenvalue weighted by atomic mass is 16.7. The molecule has 0 radical (unpaired) electrons. The minimum Gasteiger partial charge on any atom is -0.396 e. The molecule has 2 aliphatic carbocycles. The predicted molar refractivity (Wildman–Crippen MR) is 110 cm³/mol. The van der Waals surface area contributed by atoms with Gasteiger partial charge in [0.2, 0.25) is 0 Å². The Balaban J connectivity index is 1.73. The lowest BCUT2D eigenvalue weighted by molar-refractivity contribution is -0.328. The third-order valence-electron chi connectivity index (χ3n) is 6.90. The van der Waals surface area contributed by atoms with Crippen LogP contribution in [0.25, 0.3) is 0 Å². The topological polar surface area (TPSA) is 253 Å². The van der Waals surface area contributed by atoms with Crippen molar-refractivity contribution >= 4 is 0 Å². The molecule has 14 heteroatoms. The zero-order valence-electron chi connectivity index (χ0n) is 18.2. The van der Waals surface area contributed by atoms with Gasteiger partial charge in [0.05, 0.1) is 31.5 Å². The molecule has 2 fully saturated rings. The summed E-state index contributed by atoms with van der Waals surface area (Å²) < 4.78 is 10.9. The van der Waals surface area contributed by atoms with Crippen LogP contribution in [0.5, 0.6) is 0 Å². The molecule has 14 nitrogen and oxygen atoms in total. The Kier molecular flexibility index (Phi) is 9.38. The number of aliphatic hydroxyl groups is 11. The molecule has 0 bridgehead atoms. The van der Waals surface area contributed by atoms with E-state index in [0.29, 0.717) is 0 Å². The monoisotopic (exact) mass is 497 g/mol. The molecule has 1 heterocycles. The molecule has 34 heavy (non-hydrogen) atoms. The maximum atomic E-state index is 10.7. The normalized spacial score (nSPS) is 50.1. The molecule has 0 unspecified atom stereocenters. The summed E-state index contributed by atoms with van der Waals surface area (Å²) in [5.74, 6) is -0.833. The van der Waals surface area contributed by atoms with E-state index in [9.17, 15) is 56.2 Å². The molecule has 3 rings (SSSR count). The average molecular weight is 497 g/mol. The van der Waals surface area contributed by atoms with Gasteiger partial charge in [-0.3, -0.25) is 0 Å². The summed E-state index contributed by atoms with van der Waals surface area (Å²) in [6, 6.07) is -1.94. The van der Waals surface area contributed by atoms with Crippen molar-refractivity contribution in [2.24, 2.45) is 5.92 Å². The summed E-state index contributed by atoms with van der Waals surface area (Å²) in [5.41, 5.74) is 0.0590. The molecule has 0 aromatic rings. The van der Waals surface area contributed by atoms with E-state index in [1.165, 1.54) is 6.08 Å². The SMILES string of the molecule is OCC1=C[C@H](N[C@H]2C[C@H](CO)[C@@H](O[C@@H]3O[C@@H](CO)[C@@H](O)[C@H](O)[C@@H]3O)[C@H](O)[C@H]2O)[C@H](O)[C@@H](O)[C@@H]1O. The quantitative estimate of drug-likeness (QED) is 0.146. The minimum absolute atomic E-state index is 0.0129. The Bertz CT molecular complexity index is 693. The molecule has 0 aromatic carbocycles. The number of hydrogen-bond donors (Lipinski definition) is 12. The van der Waals surface area contributed by atoms with E-state index in [0.717, 1.165) is 0 Å². The van der Waals surface area contributed by atoms with Gasteiger partial charge in [-0.1, -0.05) is 6.08 Å². The summed E-state index contributed by atoms with van der Waals surface area (Å²) in [7, 11) is 0. The van der Waals surface area contributed by atoms with Crippen LogP contribution in [0.3, 0.4) is 0 Å². The van der Waals surface area contributed by atoms with Gasteiger partial charge in [0.25, 0.3) is 0 Å². The van der Waals surface area contributed by atoms with Crippen molar-refractivity contribution in [3.63, 3.8) is 0 Å². The zero-order valence-corrected chi connectivity index (χ0v) is 18.2. The summed E-state index contributed by atoms with van der Waals surface area (Å²) in [6.07, 6.45) is -15.7. The molecule has 3 aliphatic rings. The van der Waals surface area contributed by atoms with Crippen LogP contribution in [0.2, 0.25) is 0 Å². The molecule has 0 aromatic heterocycles. The van der Waals surface area contributed by atoms with Crippen molar-refractivity contribution in [3.05, 3.63) is 11.6 Å². The molecule has 1 aliphatic heterocycles. The van der Waals surface area contributed by atoms with Gasteiger partial charge in [-0.2, -0.15) is 0 Å². The zero-order chi connectivity index (χ0) is 25.3. The Morgan fingerprint density at radius 1 is 0.794 bits per heavy atom. The summed E-state index contributed by atoms with van der Waals surface area (Å²) in [4.78, 5) is 0. The highest BCUT2D eigenvalue weighted by Crippen LogP contribution is 2.33. The number of hydrogen-bond acceptors (Lipinski definition) is 14. The fraction of sp³-hybridized carbons (Fsp3) is 0.900. The van der Waals surface area contributed by atoms with Gasteiger partial charge in [0.1, 0.15) is 48.8 Å². The van der Waals surface area contributed by atoms with Gasteiger partial charge >= 0.3 is 0 Å². The third kappa shape index (κ3) is 5.30. The number of nitrogens with one attached hydrogen (secondary N) is 1. The molecule has 198 valence electrons. The van der Waals surface area contributed by atoms with Gasteiger partial charge in [-0.15, -0.1) is 0 Å². The first-order valence-corrected chi connectivity index (χ1v) is 11.1. The van der Waals surface area contributed by atoms with Crippen molar-refractivity contribution in [3.8, 4) is 0 Å². The Morgan fingerprint density at radius 3 is 2.06 bits per heavy atom. The lowest BCUT2D eigenvalue weighted by Crippen LogP contribution is -2.66. The summed E-state index contributed by atoms with van der Waals surface area (Å²) in [5, 5.41) is 113. The van der Waals surface area contributed by atoms with Gasteiger partial charge in [0.15, 0.2) is 6.29 Å². The fourth-order valence-electron chi connectivity index (χ4n) is 4.77. The molecule has 14 atom stereocenters. The first-order chi connectivity index (χ1) is 16.0. The molecule has 1 saturated carbocycles. The predicted octanol–water partition coefficient (Wildman–Crippen LogP) is -6.75. The largest absolute Gasteiger partial charge is 0.396 e. The Morgan fingerprint density at radius 2 is 1.47 bits per heavy atom. The van der Waals surface area contributed by atoms with E-state index >= 15 is 0 Å². The highest BCUT2D eigenvalue weighted by molar-refractivity contribution is 5.22. The van der Waals surface area contributed by atoms with Crippen LogP contribution in [0.1, 0.15) is 6.42 Å². The standard InChI is InChI=1S/C20H35NO13/c22-3-6-1-8(12(26)15(29)11(6)25)21-9-2-7(4-23)19(17(31)13(9)27)34-20-18(32)16(30)14(28)10(5-24)33-20/h1,7-32H,2-5H2/t7-,8+,9+,10+,11-,12+,13+,14-,15+,16+,17-,18+,19-,20+/m1/s1. The van der Waals surface area contributed by atoms with Crippen LogP contribution < -0.4 is 5.32 Å². The average Bonchev–Trinajstić information content (AvgIpc) is 2.83. The lowest BCUT2D eigenvalue weighted by atomic mass is 9.78. The van der Waals surface area contributed by atoms with E-state index in [2.05, 4.69) is 5.32 Å². The van der Waals surface area contributed by atoms with Crippen LogP contribution >= 0.6 is 0 Å². The molecule has 0 amide bonds. The number of rotatable bonds is 7. The van der Waals surface area contributed by atoms with Crippen molar-refractivity contribution in [2.75, 3.05) is 19.8 Å². The van der Waals surface area contributed by atoms with Crippen molar-refractivity contribution in [1.29, 1.82) is 0 Å². The van der Waals surface area contributed by atoms with Crippen molar-refractivity contribution in [1.82, 2.24) is 5.32 Å². The molecule has 12 N–H and O–H groups in total. The number of aliphatic hydroxyl groups excluding tert-OH is 11. The molecular formula is C20H35NO13. The van der Waals surface area contributed by atoms with Crippen LogP contribution in [0.15, 0.2) is 11.6 Å². The molecule has 1 saturated heterocycles. The first kappa shape index (κ1) is 27.8. The fourth-order valence-corrected chi connectivity index (χ4v) is 4.77. The second-order valence-corrected chi connectivity index (χ2v) is 9.08. The first-order valence-electron chi connectivity index (χ1n) is 11.1. The maximum absolute atomic E-state index is 10.7. The maximum Gasteiger partial charge on any atom is 0.187 e. The van der Waals surface area contributed by atoms with E-state index in [-0.39, 0.29) is 12.0 Å². The lowest BCUT2D eigenvalue weighted by Gasteiger charge is -2.47. The smallest absolute Gasteiger partial charge is 0.187 e. The van der Waals surface area contributed by atoms with Gasteiger partial charge in [0, 0.05) is 18.6 Å². The van der Waals surface area contributed by atoms with Gasteiger partial charge in [-0.25, -0.2) is 0 Å². The second kappa shape index (κ2) is 11.5. The highest BCUT2D eigenvalue weighted by Gasteiger charge is 2.50. The second-order valence-electron chi connectivity index (χ2n) is 9.08. The van der Waals surface area contributed by atoms with Crippen molar-refractivity contribution in [2.45, 2.75) is 85.8 Å². The van der Waals surface area contributed by atoms with Crippen LogP contribution in [0, 0.1) is 5.92 Å². The van der Waals surface area contributed by atoms with Crippen LogP contribution in [-0.4, -0.2) is 155 Å². The Labute approximate surface area is 194 Å². The Hall–Kier alpha value is -0.820. The van der Waals surface area contributed by atoms with Crippen LogP contribution in [-0.2, 0) is 9.47 Å². The van der Waals surface area contributed by atoms with E-state index in [1.807, 2.05) is 0 Å². The molecular weight excluding hydrogens is 462 g/mol. The van der Waals surface area contributed by atoms with E-state index in [4.69, 9.17) is 9.47 Å². The van der Waals surface area contributed by atoms with Gasteiger partial charge < -0.3 is 71.0 Å². The summed E-state index contributed by atoms with van der Waals surface area (Å²) in [6.45, 7) is -1.80. The molecule has 0 spiro atoms. The number of ether oxygens (including phenoxy) is 2. The van der Waals surface area contributed by atoms with E-state index < -0.39 is 105 Å².